The summed E-state index contributed by atoms with van der Waals surface area (Å²) < 4.78 is 5.74. The van der Waals surface area contributed by atoms with E-state index in [1.807, 2.05) is 24.3 Å². The van der Waals surface area contributed by atoms with E-state index in [4.69, 9.17) is 21.4 Å². The minimum atomic E-state index is -1.07. The maximum absolute atomic E-state index is 12.7. The number of carboxylic acid groups (broad SMARTS) is 1. The molecule has 1 amide bonds. The van der Waals surface area contributed by atoms with E-state index >= 15 is 0 Å². The summed E-state index contributed by atoms with van der Waals surface area (Å²) in [4.78, 5) is 23.8. The monoisotopic (exact) mass is 476 g/mol. The molecule has 0 aromatic heterocycles. The molecule has 6 nitrogen and oxygen atoms in total. The summed E-state index contributed by atoms with van der Waals surface area (Å²) in [5.74, 6) is -0.803. The zero-order valence-electron chi connectivity index (χ0n) is 18.8. The maximum Gasteiger partial charge on any atom is 0.335 e. The Labute approximate surface area is 203 Å². The lowest BCUT2D eigenvalue weighted by Crippen LogP contribution is -2.26. The average molecular weight is 477 g/mol. The molecule has 3 aromatic rings. The fraction of sp³-hybridized carbons (Fsp3) is 0.222. The second kappa shape index (κ2) is 11.9. The quantitative estimate of drug-likeness (QED) is 0.364. The molecule has 0 saturated carbocycles. The van der Waals surface area contributed by atoms with Gasteiger partial charge in [-0.15, -0.1) is 0 Å². The van der Waals surface area contributed by atoms with Crippen LogP contribution in [0.25, 0.3) is 11.1 Å². The molecular formula is C27H25ClN2O4. The number of carbonyl (C=O) groups excluding carboxylic acids is 1. The zero-order chi connectivity index (χ0) is 24.5. The van der Waals surface area contributed by atoms with Crippen LogP contribution < -0.4 is 10.1 Å². The van der Waals surface area contributed by atoms with Crippen LogP contribution in [0.2, 0.25) is 5.02 Å². The van der Waals surface area contributed by atoms with Crippen molar-refractivity contribution in [2.45, 2.75) is 26.2 Å². The topological polar surface area (TPSA) is 99.4 Å². The van der Waals surface area contributed by atoms with Gasteiger partial charge in [0.25, 0.3) is 5.91 Å². The van der Waals surface area contributed by atoms with Crippen molar-refractivity contribution in [1.82, 2.24) is 5.32 Å². The molecule has 0 radical (unpaired) electrons. The number of benzene rings is 3. The highest BCUT2D eigenvalue weighted by atomic mass is 35.5. The molecule has 0 aliphatic heterocycles. The number of carbonyl (C=O) groups is 2. The van der Waals surface area contributed by atoms with E-state index in [-0.39, 0.29) is 11.5 Å². The van der Waals surface area contributed by atoms with Crippen molar-refractivity contribution < 1.29 is 19.4 Å². The van der Waals surface area contributed by atoms with Crippen LogP contribution in [-0.4, -0.2) is 30.1 Å². The lowest BCUT2D eigenvalue weighted by Gasteiger charge is -2.12. The van der Waals surface area contributed by atoms with Crippen LogP contribution in [0.1, 0.15) is 51.6 Å². The molecule has 7 heteroatoms. The summed E-state index contributed by atoms with van der Waals surface area (Å²) in [6, 6.07) is 19.2. The zero-order valence-corrected chi connectivity index (χ0v) is 19.6. The van der Waals surface area contributed by atoms with Gasteiger partial charge in [-0.05, 0) is 59.9 Å². The van der Waals surface area contributed by atoms with E-state index in [1.54, 1.807) is 24.3 Å². The van der Waals surface area contributed by atoms with Gasteiger partial charge in [0.15, 0.2) is 0 Å². The molecule has 0 aliphatic carbocycles. The minimum absolute atomic E-state index is 0.0753. The third-order valence-electron chi connectivity index (χ3n) is 5.29. The Bertz CT molecular complexity index is 1220. The SMILES string of the molecule is CCCCOc1ccc(Cl)cc1C(=O)NCCc1ccc(-c2ccc(C(=O)O)cc2C#N)cc1. The molecule has 0 heterocycles. The van der Waals surface area contributed by atoms with E-state index in [2.05, 4.69) is 18.3 Å². The maximum atomic E-state index is 12.7. The molecule has 0 unspecified atom stereocenters. The number of hydrogen-bond donors (Lipinski definition) is 2. The first-order valence-electron chi connectivity index (χ1n) is 11.0. The van der Waals surface area contributed by atoms with Gasteiger partial charge in [0.2, 0.25) is 0 Å². The van der Waals surface area contributed by atoms with Gasteiger partial charge in [-0.3, -0.25) is 4.79 Å². The van der Waals surface area contributed by atoms with E-state index < -0.39 is 5.97 Å². The molecule has 0 fully saturated rings. The molecular weight excluding hydrogens is 452 g/mol. The van der Waals surface area contributed by atoms with Gasteiger partial charge >= 0.3 is 5.97 Å². The van der Waals surface area contributed by atoms with Crippen LogP contribution in [0.15, 0.2) is 60.7 Å². The standard InChI is InChI=1S/C27H25ClN2O4/c1-2-3-14-34-25-11-9-22(28)16-24(25)26(31)30-13-12-18-4-6-19(7-5-18)23-10-8-20(27(32)33)15-21(23)17-29/h4-11,15-16H,2-3,12-14H2,1H3,(H,30,31)(H,32,33). The number of nitrogens with zero attached hydrogens (tertiary/aromatic N) is 1. The Morgan fingerprint density at radius 2 is 1.85 bits per heavy atom. The number of aromatic carboxylic acids is 1. The summed E-state index contributed by atoms with van der Waals surface area (Å²) in [6.45, 7) is 3.04. The number of nitrogens with one attached hydrogen (secondary N) is 1. The van der Waals surface area contributed by atoms with Gasteiger partial charge < -0.3 is 15.2 Å². The first kappa shape index (κ1) is 24.8. The number of rotatable bonds is 10. The summed E-state index contributed by atoms with van der Waals surface area (Å²) in [6.07, 6.45) is 2.51. The van der Waals surface area contributed by atoms with Gasteiger partial charge in [-0.2, -0.15) is 5.26 Å². The highest BCUT2D eigenvalue weighted by Crippen LogP contribution is 2.26. The first-order valence-corrected chi connectivity index (χ1v) is 11.4. The molecule has 3 aromatic carbocycles. The normalized spacial score (nSPS) is 10.4. The second-order valence-corrected chi connectivity index (χ2v) is 8.16. The lowest BCUT2D eigenvalue weighted by molar-refractivity contribution is 0.0696. The van der Waals surface area contributed by atoms with Crippen molar-refractivity contribution in [1.29, 1.82) is 5.26 Å². The average Bonchev–Trinajstić information content (AvgIpc) is 2.85. The lowest BCUT2D eigenvalue weighted by atomic mass is 9.97. The van der Waals surface area contributed by atoms with Gasteiger partial charge in [0, 0.05) is 11.6 Å². The fourth-order valence-electron chi connectivity index (χ4n) is 3.42. The number of nitriles is 1. The molecule has 174 valence electrons. The molecule has 0 atom stereocenters. The summed E-state index contributed by atoms with van der Waals surface area (Å²) >= 11 is 6.08. The van der Waals surface area contributed by atoms with Crippen LogP contribution in [0, 0.1) is 11.3 Å². The fourth-order valence-corrected chi connectivity index (χ4v) is 3.59. The van der Waals surface area contributed by atoms with E-state index in [0.717, 1.165) is 24.0 Å². The molecule has 0 spiro atoms. The van der Waals surface area contributed by atoms with Crippen LogP contribution in [0.4, 0.5) is 0 Å². The Hall–Kier alpha value is -3.82. The van der Waals surface area contributed by atoms with Crippen LogP contribution >= 0.6 is 11.6 Å². The number of ether oxygens (including phenoxy) is 1. The number of halogens is 1. The Morgan fingerprint density at radius 3 is 2.53 bits per heavy atom. The largest absolute Gasteiger partial charge is 0.493 e. The van der Waals surface area contributed by atoms with Crippen molar-refractivity contribution in [2.24, 2.45) is 0 Å². The van der Waals surface area contributed by atoms with Crippen molar-refractivity contribution in [3.05, 3.63) is 87.9 Å². The van der Waals surface area contributed by atoms with Crippen molar-refractivity contribution >= 4 is 23.5 Å². The third kappa shape index (κ3) is 6.37. The molecule has 0 bridgehead atoms. The second-order valence-electron chi connectivity index (χ2n) is 7.72. The van der Waals surface area contributed by atoms with Crippen LogP contribution in [0.5, 0.6) is 5.75 Å². The van der Waals surface area contributed by atoms with Crippen molar-refractivity contribution in [3.8, 4) is 22.9 Å². The highest BCUT2D eigenvalue weighted by molar-refractivity contribution is 6.31. The smallest absolute Gasteiger partial charge is 0.335 e. The third-order valence-corrected chi connectivity index (χ3v) is 5.53. The van der Waals surface area contributed by atoms with Crippen molar-refractivity contribution in [2.75, 3.05) is 13.2 Å². The van der Waals surface area contributed by atoms with Gasteiger partial charge in [-0.25, -0.2) is 4.79 Å². The van der Waals surface area contributed by atoms with Crippen LogP contribution in [-0.2, 0) is 6.42 Å². The number of hydrogen-bond acceptors (Lipinski definition) is 4. The van der Waals surface area contributed by atoms with Gasteiger partial charge in [0.05, 0.1) is 29.4 Å². The Balaban J connectivity index is 1.63. The van der Waals surface area contributed by atoms with E-state index in [0.29, 0.717) is 47.0 Å². The van der Waals surface area contributed by atoms with Crippen molar-refractivity contribution in [3.63, 3.8) is 0 Å². The molecule has 0 aliphatic rings. The van der Waals surface area contributed by atoms with Crippen LogP contribution in [0.3, 0.4) is 0 Å². The van der Waals surface area contributed by atoms with E-state index in [9.17, 15) is 14.9 Å². The number of amides is 1. The summed E-state index contributed by atoms with van der Waals surface area (Å²) in [5, 5.41) is 21.9. The summed E-state index contributed by atoms with van der Waals surface area (Å²) in [7, 11) is 0. The molecule has 2 N–H and O–H groups in total. The molecule has 34 heavy (non-hydrogen) atoms. The predicted octanol–water partition coefficient (Wildman–Crippen LogP) is 5.73. The first-order chi connectivity index (χ1) is 16.4. The van der Waals surface area contributed by atoms with Gasteiger partial charge in [0.1, 0.15) is 5.75 Å². The Morgan fingerprint density at radius 1 is 1.09 bits per heavy atom. The minimum Gasteiger partial charge on any atom is -0.493 e. The molecule has 3 rings (SSSR count). The Kier molecular flexibility index (Phi) is 8.66. The summed E-state index contributed by atoms with van der Waals surface area (Å²) in [5.41, 5.74) is 3.28. The highest BCUT2D eigenvalue weighted by Gasteiger charge is 2.14. The number of carboxylic acids is 1. The van der Waals surface area contributed by atoms with E-state index in [1.165, 1.54) is 12.1 Å². The predicted molar refractivity (Wildman–Crippen MR) is 131 cm³/mol. The molecule has 0 saturated heterocycles. The number of unbranched alkanes of at least 4 members (excludes halogenated alkanes) is 1. The van der Waals surface area contributed by atoms with Gasteiger partial charge in [-0.1, -0.05) is 55.3 Å².